The van der Waals surface area contributed by atoms with Gasteiger partial charge >= 0.3 is 5.97 Å². The highest BCUT2D eigenvalue weighted by Crippen LogP contribution is 2.18. The molecule has 0 aliphatic rings. The maximum absolute atomic E-state index is 12.1. The Morgan fingerprint density at radius 2 is 1.88 bits per heavy atom. The summed E-state index contributed by atoms with van der Waals surface area (Å²) in [5.41, 5.74) is 0.0850. The monoisotopic (exact) mass is 333 g/mol. The van der Waals surface area contributed by atoms with Crippen molar-refractivity contribution in [2.24, 2.45) is 0 Å². The van der Waals surface area contributed by atoms with Crippen LogP contribution in [0.15, 0.2) is 34.7 Å². The zero-order valence-corrected chi connectivity index (χ0v) is 13.7. The Kier molecular flexibility index (Phi) is 5.47. The second kappa shape index (κ2) is 7.54. The predicted octanol–water partition coefficient (Wildman–Crippen LogP) is 2.38. The van der Waals surface area contributed by atoms with Crippen molar-refractivity contribution in [3.63, 3.8) is 0 Å². The summed E-state index contributed by atoms with van der Waals surface area (Å²) in [4.78, 5) is 23.0. The molecule has 0 radical (unpaired) electrons. The molecule has 0 aliphatic heterocycles. The number of furan rings is 1. The quantitative estimate of drug-likeness (QED) is 0.807. The van der Waals surface area contributed by atoms with Crippen LogP contribution in [0.4, 0.5) is 0 Å². The highest BCUT2D eigenvalue weighted by atomic mass is 16.5. The first-order valence-electron chi connectivity index (χ1n) is 7.31. The first-order valence-corrected chi connectivity index (χ1v) is 7.31. The largest absolute Gasteiger partial charge is 0.497 e. The lowest BCUT2D eigenvalue weighted by Crippen LogP contribution is -2.35. The van der Waals surface area contributed by atoms with Crippen molar-refractivity contribution in [3.8, 4) is 11.5 Å². The number of aryl methyl sites for hydroxylation is 1. The fraction of sp³-hybridized carbons (Fsp3) is 0.294. The fourth-order valence-electron chi connectivity index (χ4n) is 2.07. The van der Waals surface area contributed by atoms with Gasteiger partial charge < -0.3 is 24.3 Å². The van der Waals surface area contributed by atoms with Crippen LogP contribution in [0.1, 0.15) is 28.8 Å². The lowest BCUT2D eigenvalue weighted by Gasteiger charge is -2.14. The number of rotatable bonds is 7. The van der Waals surface area contributed by atoms with E-state index < -0.39 is 12.1 Å². The standard InChI is InChI=1S/C17H19NO6/c1-10-15(17(20)21)8-14(23-10)9-18-16(19)11(2)24-13-6-4-12(22-3)5-7-13/h4-8,11H,9H2,1-3H3,(H,18,19)(H,20,21). The van der Waals surface area contributed by atoms with Crippen LogP contribution in [-0.2, 0) is 11.3 Å². The van der Waals surface area contributed by atoms with E-state index in [2.05, 4.69) is 5.32 Å². The fourth-order valence-corrected chi connectivity index (χ4v) is 2.07. The summed E-state index contributed by atoms with van der Waals surface area (Å²) >= 11 is 0. The third-order valence-corrected chi connectivity index (χ3v) is 3.38. The number of benzene rings is 1. The van der Waals surface area contributed by atoms with E-state index in [-0.39, 0.29) is 18.0 Å². The van der Waals surface area contributed by atoms with E-state index >= 15 is 0 Å². The van der Waals surface area contributed by atoms with Gasteiger partial charge in [0.2, 0.25) is 0 Å². The summed E-state index contributed by atoms with van der Waals surface area (Å²) in [6, 6.07) is 8.28. The first kappa shape index (κ1) is 17.4. The van der Waals surface area contributed by atoms with Gasteiger partial charge in [0.1, 0.15) is 28.6 Å². The number of amides is 1. The molecule has 0 aliphatic carbocycles. The van der Waals surface area contributed by atoms with E-state index in [0.29, 0.717) is 23.0 Å². The molecule has 0 saturated heterocycles. The van der Waals surface area contributed by atoms with Crippen molar-refractivity contribution < 1.29 is 28.6 Å². The zero-order valence-electron chi connectivity index (χ0n) is 13.7. The molecule has 24 heavy (non-hydrogen) atoms. The van der Waals surface area contributed by atoms with E-state index in [1.165, 1.54) is 6.07 Å². The second-order valence-electron chi connectivity index (χ2n) is 5.14. The number of carboxylic acids is 1. The van der Waals surface area contributed by atoms with E-state index in [1.54, 1.807) is 45.2 Å². The number of hydrogen-bond acceptors (Lipinski definition) is 5. The van der Waals surface area contributed by atoms with Gasteiger partial charge in [0.05, 0.1) is 13.7 Å². The molecule has 0 fully saturated rings. The van der Waals surface area contributed by atoms with Gasteiger partial charge in [0.15, 0.2) is 6.10 Å². The molecular weight excluding hydrogens is 314 g/mol. The highest BCUT2D eigenvalue weighted by molar-refractivity contribution is 5.88. The van der Waals surface area contributed by atoms with Crippen molar-refractivity contribution >= 4 is 11.9 Å². The van der Waals surface area contributed by atoms with Gasteiger partial charge in [-0.3, -0.25) is 4.79 Å². The smallest absolute Gasteiger partial charge is 0.339 e. The Morgan fingerprint density at radius 1 is 1.25 bits per heavy atom. The van der Waals surface area contributed by atoms with Gasteiger partial charge in [-0.15, -0.1) is 0 Å². The average Bonchev–Trinajstić information content (AvgIpc) is 2.94. The molecule has 7 heteroatoms. The number of methoxy groups -OCH3 is 1. The summed E-state index contributed by atoms with van der Waals surface area (Å²) in [7, 11) is 1.57. The first-order chi connectivity index (χ1) is 11.4. The molecule has 2 aromatic rings. The SMILES string of the molecule is COc1ccc(OC(C)C(=O)NCc2cc(C(=O)O)c(C)o2)cc1. The maximum Gasteiger partial charge on any atom is 0.339 e. The molecule has 0 spiro atoms. The lowest BCUT2D eigenvalue weighted by molar-refractivity contribution is -0.127. The van der Waals surface area contributed by atoms with E-state index in [9.17, 15) is 9.59 Å². The molecule has 7 nitrogen and oxygen atoms in total. The van der Waals surface area contributed by atoms with Gasteiger partial charge in [-0.2, -0.15) is 0 Å². The number of carbonyl (C=O) groups is 2. The topological polar surface area (TPSA) is 98.0 Å². The van der Waals surface area contributed by atoms with Crippen molar-refractivity contribution in [2.75, 3.05) is 7.11 Å². The van der Waals surface area contributed by atoms with Crippen LogP contribution in [0, 0.1) is 6.92 Å². The van der Waals surface area contributed by atoms with Gasteiger partial charge in [0.25, 0.3) is 5.91 Å². The number of carboxylic acid groups (broad SMARTS) is 1. The van der Waals surface area contributed by atoms with Crippen molar-refractivity contribution in [2.45, 2.75) is 26.5 Å². The van der Waals surface area contributed by atoms with E-state index in [4.69, 9.17) is 19.0 Å². The van der Waals surface area contributed by atoms with Gasteiger partial charge in [-0.05, 0) is 44.2 Å². The normalized spacial score (nSPS) is 11.6. The minimum absolute atomic E-state index is 0.0850. The molecule has 1 unspecified atom stereocenters. The summed E-state index contributed by atoms with van der Waals surface area (Å²) < 4.78 is 15.9. The number of aromatic carboxylic acids is 1. The Hall–Kier alpha value is -2.96. The van der Waals surface area contributed by atoms with Gasteiger partial charge in [-0.25, -0.2) is 4.79 Å². The van der Waals surface area contributed by atoms with Crippen LogP contribution in [0.25, 0.3) is 0 Å². The van der Waals surface area contributed by atoms with Crippen molar-refractivity contribution in [1.82, 2.24) is 5.32 Å². The Morgan fingerprint density at radius 3 is 2.42 bits per heavy atom. The Balaban J connectivity index is 1.89. The molecule has 0 bridgehead atoms. The molecular formula is C17H19NO6. The summed E-state index contributed by atoms with van der Waals surface area (Å²) in [6.45, 7) is 3.27. The van der Waals surface area contributed by atoms with Crippen LogP contribution in [-0.4, -0.2) is 30.2 Å². The predicted molar refractivity (Wildman–Crippen MR) is 85.3 cm³/mol. The third kappa shape index (κ3) is 4.28. The second-order valence-corrected chi connectivity index (χ2v) is 5.14. The molecule has 1 aromatic heterocycles. The minimum Gasteiger partial charge on any atom is -0.497 e. The number of nitrogens with one attached hydrogen (secondary N) is 1. The number of ether oxygens (including phenoxy) is 2. The Bertz CT molecular complexity index is 719. The zero-order chi connectivity index (χ0) is 17.7. The van der Waals surface area contributed by atoms with Gasteiger partial charge in [0, 0.05) is 0 Å². The van der Waals surface area contributed by atoms with Crippen LogP contribution >= 0.6 is 0 Å². The lowest BCUT2D eigenvalue weighted by atomic mass is 10.2. The third-order valence-electron chi connectivity index (χ3n) is 3.38. The molecule has 2 rings (SSSR count). The highest BCUT2D eigenvalue weighted by Gasteiger charge is 2.17. The van der Waals surface area contributed by atoms with Gasteiger partial charge in [-0.1, -0.05) is 0 Å². The molecule has 1 heterocycles. The summed E-state index contributed by atoms with van der Waals surface area (Å²) in [5.74, 6) is 0.508. The number of carbonyl (C=O) groups excluding carboxylic acids is 1. The average molecular weight is 333 g/mol. The number of hydrogen-bond donors (Lipinski definition) is 2. The minimum atomic E-state index is -1.06. The summed E-state index contributed by atoms with van der Waals surface area (Å²) in [5, 5.41) is 11.6. The molecule has 1 atom stereocenters. The van der Waals surface area contributed by atoms with Crippen LogP contribution in [0.3, 0.4) is 0 Å². The summed E-state index contributed by atoms with van der Waals surface area (Å²) in [6.07, 6.45) is -0.714. The molecule has 1 amide bonds. The van der Waals surface area contributed by atoms with E-state index in [1.807, 2.05) is 0 Å². The molecule has 0 saturated carbocycles. The molecule has 1 aromatic carbocycles. The maximum atomic E-state index is 12.1. The molecule has 2 N–H and O–H groups in total. The van der Waals surface area contributed by atoms with Crippen LogP contribution < -0.4 is 14.8 Å². The molecule has 128 valence electrons. The van der Waals surface area contributed by atoms with Crippen LogP contribution in [0.2, 0.25) is 0 Å². The van der Waals surface area contributed by atoms with Crippen molar-refractivity contribution in [1.29, 1.82) is 0 Å². The van der Waals surface area contributed by atoms with Crippen molar-refractivity contribution in [3.05, 3.63) is 47.4 Å². The van der Waals surface area contributed by atoms with E-state index in [0.717, 1.165) is 0 Å². The van der Waals surface area contributed by atoms with Crippen LogP contribution in [0.5, 0.6) is 11.5 Å². The Labute approximate surface area is 139 Å².